The van der Waals surface area contributed by atoms with Gasteiger partial charge >= 0.3 is 0 Å². The molecule has 1 N–H and O–H groups in total. The highest BCUT2D eigenvalue weighted by Crippen LogP contribution is 2.46. The summed E-state index contributed by atoms with van der Waals surface area (Å²) in [7, 11) is 0. The van der Waals surface area contributed by atoms with Crippen molar-refractivity contribution >= 4 is 11.8 Å². The van der Waals surface area contributed by atoms with Crippen LogP contribution >= 0.6 is 11.8 Å². The van der Waals surface area contributed by atoms with Crippen LogP contribution in [0.15, 0.2) is 22.7 Å². The van der Waals surface area contributed by atoms with E-state index in [1.807, 2.05) is 18.0 Å². The van der Waals surface area contributed by atoms with E-state index in [2.05, 4.69) is 23.8 Å². The minimum atomic E-state index is 0.443. The molecule has 0 aromatic rings. The molecule has 1 fully saturated rings. The Kier molecular flexibility index (Phi) is 3.22. The average Bonchev–Trinajstić information content (AvgIpc) is 2.46. The van der Waals surface area contributed by atoms with Crippen molar-refractivity contribution in [1.82, 2.24) is 5.32 Å². The molecule has 1 aliphatic heterocycles. The summed E-state index contributed by atoms with van der Waals surface area (Å²) in [5.41, 5.74) is 0.443. The fourth-order valence-corrected chi connectivity index (χ4v) is 3.29. The van der Waals surface area contributed by atoms with Crippen LogP contribution < -0.4 is 5.32 Å². The number of thioether (sulfide) groups is 1. The summed E-state index contributed by atoms with van der Waals surface area (Å²) in [5, 5.41) is 5.37. The van der Waals surface area contributed by atoms with E-state index < -0.39 is 0 Å². The lowest BCUT2D eigenvalue weighted by molar-refractivity contribution is 0.359. The molecule has 0 atom stereocenters. The molecule has 1 saturated carbocycles. The van der Waals surface area contributed by atoms with Crippen LogP contribution in [-0.4, -0.2) is 0 Å². The van der Waals surface area contributed by atoms with Gasteiger partial charge in [-0.25, -0.2) is 0 Å². The summed E-state index contributed by atoms with van der Waals surface area (Å²) in [6.45, 7) is 2.43. The minimum absolute atomic E-state index is 0.443. The zero-order valence-corrected chi connectivity index (χ0v) is 9.70. The molecule has 0 aromatic heterocycles. The third-order valence-electron chi connectivity index (χ3n) is 3.38. The third kappa shape index (κ3) is 2.17. The van der Waals surface area contributed by atoms with Gasteiger partial charge in [0.2, 0.25) is 0 Å². The van der Waals surface area contributed by atoms with Gasteiger partial charge in [-0.1, -0.05) is 44.4 Å². The van der Waals surface area contributed by atoms with E-state index in [0.717, 1.165) is 0 Å². The third-order valence-corrected chi connectivity index (χ3v) is 4.51. The van der Waals surface area contributed by atoms with Crippen molar-refractivity contribution in [2.45, 2.75) is 45.4 Å². The molecule has 0 radical (unpaired) electrons. The predicted molar refractivity (Wildman–Crippen MR) is 63.8 cm³/mol. The van der Waals surface area contributed by atoms with Crippen LogP contribution in [0.3, 0.4) is 0 Å². The number of allylic oxidation sites excluding steroid dienone is 1. The molecule has 2 rings (SSSR count). The molecule has 78 valence electrons. The van der Waals surface area contributed by atoms with E-state index in [-0.39, 0.29) is 0 Å². The average molecular weight is 209 g/mol. The molecule has 2 heteroatoms. The Labute approximate surface area is 91.0 Å². The van der Waals surface area contributed by atoms with Crippen LogP contribution in [-0.2, 0) is 0 Å². The van der Waals surface area contributed by atoms with Crippen LogP contribution in [0.4, 0.5) is 0 Å². The van der Waals surface area contributed by atoms with Gasteiger partial charge < -0.3 is 5.32 Å². The number of hydrogen-bond acceptors (Lipinski definition) is 2. The van der Waals surface area contributed by atoms with Gasteiger partial charge in [0.25, 0.3) is 0 Å². The van der Waals surface area contributed by atoms with Gasteiger partial charge in [-0.3, -0.25) is 0 Å². The molecule has 0 saturated heterocycles. The standard InChI is InChI=1S/C12H19NS/c1-12(6-4-2-3-5-7-12)11-10-13-8-9-14-11/h8-10,13H,2-7H2,1H3. The van der Waals surface area contributed by atoms with Gasteiger partial charge in [0.1, 0.15) is 0 Å². The molecule has 14 heavy (non-hydrogen) atoms. The molecule has 0 amide bonds. The Morgan fingerprint density at radius 2 is 1.93 bits per heavy atom. The molecule has 1 nitrogen and oxygen atoms in total. The maximum Gasteiger partial charge on any atom is 0.0111 e. The fourth-order valence-electron chi connectivity index (χ4n) is 2.38. The van der Waals surface area contributed by atoms with Crippen molar-refractivity contribution in [3.05, 3.63) is 22.7 Å². The molecule has 0 spiro atoms. The summed E-state index contributed by atoms with van der Waals surface area (Å²) >= 11 is 1.90. The van der Waals surface area contributed by atoms with Gasteiger partial charge in [-0.15, -0.1) is 0 Å². The Hall–Kier alpha value is -0.370. The molecule has 0 aromatic carbocycles. The first-order valence-electron chi connectivity index (χ1n) is 5.60. The highest BCUT2D eigenvalue weighted by atomic mass is 32.2. The predicted octanol–water partition coefficient (Wildman–Crippen LogP) is 4.00. The second kappa shape index (κ2) is 4.43. The zero-order chi connectivity index (χ0) is 9.86. The van der Waals surface area contributed by atoms with Crippen molar-refractivity contribution in [2.24, 2.45) is 5.41 Å². The molecule has 0 unspecified atom stereocenters. The summed E-state index contributed by atoms with van der Waals surface area (Å²) in [6.07, 6.45) is 12.6. The van der Waals surface area contributed by atoms with Gasteiger partial charge in [0.15, 0.2) is 0 Å². The molecule has 1 aliphatic carbocycles. The van der Waals surface area contributed by atoms with E-state index in [9.17, 15) is 0 Å². The smallest absolute Gasteiger partial charge is 0.0111 e. The van der Waals surface area contributed by atoms with Crippen LogP contribution in [0.2, 0.25) is 0 Å². The molecular weight excluding hydrogens is 190 g/mol. The van der Waals surface area contributed by atoms with Crippen molar-refractivity contribution in [1.29, 1.82) is 0 Å². The zero-order valence-electron chi connectivity index (χ0n) is 8.88. The summed E-state index contributed by atoms with van der Waals surface area (Å²) in [4.78, 5) is 1.53. The Balaban J connectivity index is 2.08. The maximum absolute atomic E-state index is 3.21. The maximum atomic E-state index is 3.21. The first-order chi connectivity index (χ1) is 6.81. The van der Waals surface area contributed by atoms with Crippen molar-refractivity contribution < 1.29 is 0 Å². The van der Waals surface area contributed by atoms with Gasteiger partial charge in [0.05, 0.1) is 0 Å². The number of nitrogens with one attached hydrogen (secondary N) is 1. The van der Waals surface area contributed by atoms with E-state index in [1.165, 1.54) is 43.4 Å². The Bertz CT molecular complexity index is 247. The summed E-state index contributed by atoms with van der Waals surface area (Å²) in [5.74, 6) is 0. The fraction of sp³-hybridized carbons (Fsp3) is 0.667. The molecular formula is C12H19NS. The van der Waals surface area contributed by atoms with Crippen LogP contribution in [0.1, 0.15) is 45.4 Å². The second-order valence-corrected chi connectivity index (χ2v) is 5.52. The minimum Gasteiger partial charge on any atom is -0.366 e. The topological polar surface area (TPSA) is 12.0 Å². The van der Waals surface area contributed by atoms with Crippen molar-refractivity contribution in [3.63, 3.8) is 0 Å². The largest absolute Gasteiger partial charge is 0.366 e. The highest BCUT2D eigenvalue weighted by molar-refractivity contribution is 8.05. The summed E-state index contributed by atoms with van der Waals surface area (Å²) < 4.78 is 0. The SMILES string of the molecule is CC1(C2=CNC=CS2)CCCCCC1. The normalized spacial score (nSPS) is 26.2. The second-order valence-electron chi connectivity index (χ2n) is 4.57. The first-order valence-corrected chi connectivity index (χ1v) is 6.48. The van der Waals surface area contributed by atoms with E-state index in [1.54, 1.807) is 0 Å². The number of rotatable bonds is 1. The van der Waals surface area contributed by atoms with Crippen molar-refractivity contribution in [2.75, 3.05) is 0 Å². The molecule has 2 aliphatic rings. The Morgan fingerprint density at radius 1 is 1.21 bits per heavy atom. The van der Waals surface area contributed by atoms with Crippen LogP contribution in [0.25, 0.3) is 0 Å². The van der Waals surface area contributed by atoms with Crippen LogP contribution in [0.5, 0.6) is 0 Å². The monoisotopic (exact) mass is 209 g/mol. The molecule has 0 bridgehead atoms. The lowest BCUT2D eigenvalue weighted by Gasteiger charge is -2.31. The van der Waals surface area contributed by atoms with Gasteiger partial charge in [-0.2, -0.15) is 0 Å². The highest BCUT2D eigenvalue weighted by Gasteiger charge is 2.30. The van der Waals surface area contributed by atoms with Crippen LogP contribution in [0, 0.1) is 5.41 Å². The van der Waals surface area contributed by atoms with Gasteiger partial charge in [-0.05, 0) is 18.2 Å². The first kappa shape index (κ1) is 10.2. The van der Waals surface area contributed by atoms with E-state index >= 15 is 0 Å². The van der Waals surface area contributed by atoms with Gasteiger partial charge in [0, 0.05) is 22.7 Å². The quantitative estimate of drug-likeness (QED) is 0.655. The lowest BCUT2D eigenvalue weighted by atomic mass is 9.82. The lowest BCUT2D eigenvalue weighted by Crippen LogP contribution is -2.19. The van der Waals surface area contributed by atoms with E-state index in [4.69, 9.17) is 0 Å². The van der Waals surface area contributed by atoms with Crippen molar-refractivity contribution in [3.8, 4) is 0 Å². The summed E-state index contributed by atoms with van der Waals surface area (Å²) in [6, 6.07) is 0. The van der Waals surface area contributed by atoms with E-state index in [0.29, 0.717) is 5.41 Å². The number of hydrogen-bond donors (Lipinski definition) is 1. The Morgan fingerprint density at radius 3 is 2.50 bits per heavy atom. The molecule has 1 heterocycles.